The number of aryl methyl sites for hydroxylation is 1. The van der Waals surface area contributed by atoms with E-state index in [0.717, 1.165) is 64.4 Å². The molecule has 0 spiro atoms. The maximum Gasteiger partial charge on any atom is 0.303 e. The van der Waals surface area contributed by atoms with Gasteiger partial charge >= 0.3 is 5.97 Å². The number of fused-ring (bicyclic) bond motifs is 5. The SMILES string of the molecule is C#C[C@]1(O)CC[C@H]2[C@@H]3CCc4cc(O)ccc4[C@H]3[C@@H](OCCCCCCCCCCC(=O)O)C[C@@]21C. The number of benzene rings is 1. The smallest absolute Gasteiger partial charge is 0.303 e. The van der Waals surface area contributed by atoms with Gasteiger partial charge in [0.15, 0.2) is 0 Å². The number of phenols is 1. The average Bonchev–Trinajstić information content (AvgIpc) is 3.12. The zero-order valence-corrected chi connectivity index (χ0v) is 21.9. The summed E-state index contributed by atoms with van der Waals surface area (Å²) in [5, 5.41) is 30.2. The van der Waals surface area contributed by atoms with E-state index < -0.39 is 11.6 Å². The van der Waals surface area contributed by atoms with Crippen molar-refractivity contribution in [3.63, 3.8) is 0 Å². The third kappa shape index (κ3) is 5.46. The summed E-state index contributed by atoms with van der Waals surface area (Å²) in [7, 11) is 0. The van der Waals surface area contributed by atoms with E-state index in [-0.39, 0.29) is 17.9 Å². The van der Waals surface area contributed by atoms with E-state index >= 15 is 0 Å². The van der Waals surface area contributed by atoms with Crippen molar-refractivity contribution >= 4 is 5.97 Å². The molecule has 0 bridgehead atoms. The molecule has 198 valence electrons. The van der Waals surface area contributed by atoms with Crippen molar-refractivity contribution in [1.82, 2.24) is 0 Å². The van der Waals surface area contributed by atoms with Crippen molar-refractivity contribution in [2.75, 3.05) is 6.61 Å². The van der Waals surface area contributed by atoms with Crippen LogP contribution in [-0.2, 0) is 16.0 Å². The first-order valence-corrected chi connectivity index (χ1v) is 14.1. The summed E-state index contributed by atoms with van der Waals surface area (Å²) in [6, 6.07) is 5.82. The van der Waals surface area contributed by atoms with E-state index in [1.165, 1.54) is 30.4 Å². The molecule has 0 radical (unpaired) electrons. The molecule has 3 aliphatic rings. The number of aromatic hydroxyl groups is 1. The number of ether oxygens (including phenoxy) is 1. The van der Waals surface area contributed by atoms with Crippen LogP contribution in [0, 0.1) is 29.6 Å². The van der Waals surface area contributed by atoms with Gasteiger partial charge in [-0.15, -0.1) is 6.42 Å². The van der Waals surface area contributed by atoms with Crippen LogP contribution in [0.25, 0.3) is 0 Å². The molecule has 36 heavy (non-hydrogen) atoms. The molecule has 3 aliphatic carbocycles. The van der Waals surface area contributed by atoms with Gasteiger partial charge in [-0.2, -0.15) is 0 Å². The van der Waals surface area contributed by atoms with Gasteiger partial charge in [-0.25, -0.2) is 0 Å². The zero-order chi connectivity index (χ0) is 25.8. The molecule has 0 aromatic heterocycles. The molecule has 0 heterocycles. The highest BCUT2D eigenvalue weighted by molar-refractivity contribution is 5.66. The number of terminal acetylenes is 1. The Morgan fingerprint density at radius 2 is 1.81 bits per heavy atom. The number of rotatable bonds is 12. The van der Waals surface area contributed by atoms with E-state index in [4.69, 9.17) is 16.3 Å². The van der Waals surface area contributed by atoms with Crippen molar-refractivity contribution in [3.05, 3.63) is 29.3 Å². The monoisotopic (exact) mass is 496 g/mol. The minimum absolute atomic E-state index is 0.0204. The number of phenolic OH excluding ortho intramolecular Hbond substituents is 1. The zero-order valence-electron chi connectivity index (χ0n) is 21.9. The second-order valence-corrected chi connectivity index (χ2v) is 11.8. The van der Waals surface area contributed by atoms with Crippen molar-refractivity contribution in [2.24, 2.45) is 17.3 Å². The Morgan fingerprint density at radius 3 is 2.50 bits per heavy atom. The van der Waals surface area contributed by atoms with Gasteiger partial charge in [-0.3, -0.25) is 4.79 Å². The summed E-state index contributed by atoms with van der Waals surface area (Å²) < 4.78 is 6.64. The van der Waals surface area contributed by atoms with Gasteiger partial charge in [0.2, 0.25) is 0 Å². The Kier molecular flexibility index (Phi) is 8.68. The number of hydrogen-bond acceptors (Lipinski definition) is 4. The Bertz CT molecular complexity index is 951. The largest absolute Gasteiger partial charge is 0.508 e. The quantitative estimate of drug-likeness (QED) is 0.237. The van der Waals surface area contributed by atoms with Gasteiger partial charge in [-0.1, -0.05) is 57.4 Å². The fourth-order valence-corrected chi connectivity index (χ4v) is 7.69. The second-order valence-electron chi connectivity index (χ2n) is 11.8. The average molecular weight is 497 g/mol. The summed E-state index contributed by atoms with van der Waals surface area (Å²) in [4.78, 5) is 10.6. The lowest BCUT2D eigenvalue weighted by Crippen LogP contribution is -2.55. The first-order chi connectivity index (χ1) is 17.3. The summed E-state index contributed by atoms with van der Waals surface area (Å²) in [5.41, 5.74) is 1.16. The Labute approximate surface area is 216 Å². The van der Waals surface area contributed by atoms with Crippen LogP contribution >= 0.6 is 0 Å². The summed E-state index contributed by atoms with van der Waals surface area (Å²) >= 11 is 0. The molecule has 3 N–H and O–H groups in total. The van der Waals surface area contributed by atoms with Crippen molar-refractivity contribution in [3.8, 4) is 18.1 Å². The van der Waals surface area contributed by atoms with Crippen molar-refractivity contribution < 1.29 is 24.9 Å². The van der Waals surface area contributed by atoms with Crippen LogP contribution in [0.2, 0.25) is 0 Å². The maximum atomic E-state index is 11.4. The molecule has 0 aliphatic heterocycles. The summed E-state index contributed by atoms with van der Waals surface area (Å²) in [6.07, 6.45) is 19.2. The normalized spacial score (nSPS) is 32.8. The van der Waals surface area contributed by atoms with Crippen LogP contribution in [0.3, 0.4) is 0 Å². The number of carbonyl (C=O) groups is 1. The number of aliphatic carboxylic acids is 1. The van der Waals surface area contributed by atoms with Gasteiger partial charge in [0.1, 0.15) is 11.4 Å². The van der Waals surface area contributed by atoms with Crippen molar-refractivity contribution in [2.45, 2.75) is 114 Å². The molecule has 6 atom stereocenters. The lowest BCUT2D eigenvalue weighted by atomic mass is 9.52. The molecular formula is C31H44O5. The Hall–Kier alpha value is -2.03. The molecule has 0 saturated heterocycles. The Balaban J connectivity index is 1.34. The van der Waals surface area contributed by atoms with Crippen LogP contribution in [-0.4, -0.2) is 39.6 Å². The first-order valence-electron chi connectivity index (χ1n) is 14.1. The predicted molar refractivity (Wildman–Crippen MR) is 141 cm³/mol. The van der Waals surface area contributed by atoms with Crippen LogP contribution in [0.15, 0.2) is 18.2 Å². The van der Waals surface area contributed by atoms with Crippen LogP contribution < -0.4 is 0 Å². The molecule has 5 nitrogen and oxygen atoms in total. The van der Waals surface area contributed by atoms with Crippen LogP contribution in [0.5, 0.6) is 5.75 Å². The molecule has 1 aromatic carbocycles. The lowest BCUT2D eigenvalue weighted by molar-refractivity contribution is -0.137. The molecular weight excluding hydrogens is 452 g/mol. The maximum absolute atomic E-state index is 11.4. The fourth-order valence-electron chi connectivity index (χ4n) is 7.69. The predicted octanol–water partition coefficient (Wildman–Crippen LogP) is 6.20. The van der Waals surface area contributed by atoms with Crippen LogP contribution in [0.1, 0.15) is 107 Å². The third-order valence-electron chi connectivity index (χ3n) is 9.67. The minimum atomic E-state index is -1.07. The van der Waals surface area contributed by atoms with Gasteiger partial charge in [0.25, 0.3) is 0 Å². The highest BCUT2D eigenvalue weighted by Crippen LogP contribution is 2.64. The third-order valence-corrected chi connectivity index (χ3v) is 9.67. The summed E-state index contributed by atoms with van der Waals surface area (Å²) in [5.74, 6) is 3.52. The minimum Gasteiger partial charge on any atom is -0.508 e. The fraction of sp³-hybridized carbons (Fsp3) is 0.710. The van der Waals surface area contributed by atoms with E-state index in [1.807, 2.05) is 6.07 Å². The summed E-state index contributed by atoms with van der Waals surface area (Å²) in [6.45, 7) is 2.91. The Morgan fingerprint density at radius 1 is 1.11 bits per heavy atom. The lowest BCUT2D eigenvalue weighted by Gasteiger charge is -2.55. The molecule has 1 aromatic rings. The molecule has 2 saturated carbocycles. The van der Waals surface area contributed by atoms with Gasteiger partial charge < -0.3 is 20.1 Å². The second kappa shape index (κ2) is 11.6. The van der Waals surface area contributed by atoms with Gasteiger partial charge in [-0.05, 0) is 80.0 Å². The van der Waals surface area contributed by atoms with E-state index in [2.05, 4.69) is 18.9 Å². The molecule has 4 rings (SSSR count). The molecule has 0 amide bonds. The number of carboxylic acid groups (broad SMARTS) is 1. The molecule has 5 heteroatoms. The number of unbranched alkanes of at least 4 members (excludes halogenated alkanes) is 7. The first kappa shape index (κ1) is 27.0. The molecule has 0 unspecified atom stereocenters. The van der Waals surface area contributed by atoms with Gasteiger partial charge in [0, 0.05) is 24.4 Å². The van der Waals surface area contributed by atoms with Gasteiger partial charge in [0.05, 0.1) is 6.10 Å². The number of hydrogen-bond donors (Lipinski definition) is 3. The number of carboxylic acids is 1. The van der Waals surface area contributed by atoms with Crippen LogP contribution in [0.4, 0.5) is 0 Å². The highest BCUT2D eigenvalue weighted by atomic mass is 16.5. The molecule has 2 fully saturated rings. The topological polar surface area (TPSA) is 87.0 Å². The van der Waals surface area contributed by atoms with E-state index in [1.54, 1.807) is 6.07 Å². The number of aliphatic hydroxyl groups is 1. The van der Waals surface area contributed by atoms with E-state index in [9.17, 15) is 15.0 Å². The standard InChI is InChI=1S/C31H44O5/c1-3-31(35)18-17-26-25-15-13-22-20-23(32)14-16-24(22)29(25)27(21-30(26,31)2)36-19-11-9-7-5-4-6-8-10-12-28(33)34/h1,14,16,20,25-27,29,32,35H,4-13,15,17-19,21H2,2H3,(H,33,34)/t25-,26-,27-,29+,30-,31-/m0/s1. The van der Waals surface area contributed by atoms with E-state index in [0.29, 0.717) is 29.9 Å². The highest BCUT2D eigenvalue weighted by Gasteiger charge is 2.63. The van der Waals surface area contributed by atoms with Crippen molar-refractivity contribution in [1.29, 1.82) is 0 Å².